The average molecular weight is 318 g/mol. The second kappa shape index (κ2) is 7.56. The van der Waals surface area contributed by atoms with Crippen molar-refractivity contribution in [3.05, 3.63) is 11.1 Å². The highest BCUT2D eigenvalue weighted by Gasteiger charge is 2.24. The van der Waals surface area contributed by atoms with E-state index in [0.717, 1.165) is 12.8 Å². The molecule has 0 unspecified atom stereocenters. The van der Waals surface area contributed by atoms with Gasteiger partial charge in [0.2, 0.25) is 5.91 Å². The number of carbonyl (C=O) groups excluding carboxylic acids is 2. The summed E-state index contributed by atoms with van der Waals surface area (Å²) in [5.74, 6) is -0.0445. The van der Waals surface area contributed by atoms with Gasteiger partial charge in [0, 0.05) is 12.8 Å². The molecule has 0 spiro atoms. The van der Waals surface area contributed by atoms with Gasteiger partial charge in [0.1, 0.15) is 6.04 Å². The number of nitrogens with one attached hydrogen (secondary N) is 1. The van der Waals surface area contributed by atoms with Crippen LogP contribution in [-0.2, 0) is 14.3 Å². The van der Waals surface area contributed by atoms with Crippen LogP contribution >= 0.6 is 15.9 Å². The van der Waals surface area contributed by atoms with Gasteiger partial charge in [-0.05, 0) is 23.2 Å². The first kappa shape index (κ1) is 15.2. The fourth-order valence-corrected chi connectivity index (χ4v) is 2.61. The van der Waals surface area contributed by atoms with Crippen molar-refractivity contribution >= 4 is 27.8 Å². The molecular weight excluding hydrogens is 298 g/mol. The van der Waals surface area contributed by atoms with E-state index in [2.05, 4.69) is 32.6 Å². The molecule has 1 aliphatic carbocycles. The molecule has 1 fully saturated rings. The molecule has 0 aromatic rings. The first-order chi connectivity index (χ1) is 8.52. The van der Waals surface area contributed by atoms with Crippen molar-refractivity contribution in [1.29, 1.82) is 0 Å². The molecule has 1 amide bonds. The molecule has 1 aliphatic rings. The lowest BCUT2D eigenvalue weighted by atomic mass is 10.0. The summed E-state index contributed by atoms with van der Waals surface area (Å²) in [4.78, 5) is 23.4. The average Bonchev–Trinajstić information content (AvgIpc) is 2.79. The van der Waals surface area contributed by atoms with Crippen LogP contribution in [0.3, 0.4) is 0 Å². The summed E-state index contributed by atoms with van der Waals surface area (Å²) in [7, 11) is 1.31. The van der Waals surface area contributed by atoms with Crippen LogP contribution in [0.5, 0.6) is 0 Å². The van der Waals surface area contributed by atoms with E-state index in [-0.39, 0.29) is 5.91 Å². The van der Waals surface area contributed by atoms with Crippen LogP contribution in [-0.4, -0.2) is 25.0 Å². The third kappa shape index (κ3) is 5.21. The number of methoxy groups -OCH3 is 1. The zero-order chi connectivity index (χ0) is 13.5. The first-order valence-electron chi connectivity index (χ1n) is 6.23. The first-order valence-corrected chi connectivity index (χ1v) is 7.02. The quantitative estimate of drug-likeness (QED) is 0.766. The predicted octanol–water partition coefficient (Wildman–Crippen LogP) is 2.52. The number of esters is 1. The molecule has 1 saturated carbocycles. The lowest BCUT2D eigenvalue weighted by Crippen LogP contribution is -2.42. The standard InChI is InChI=1S/C13H20BrNO3/c1-9(14)7-11(13(17)18-2)15-12(16)8-10-5-3-4-6-10/h10-11H,1,3-8H2,2H3,(H,15,16)/t11-/m1/s1. The Balaban J connectivity index is 2.45. The van der Waals surface area contributed by atoms with Gasteiger partial charge in [0.05, 0.1) is 7.11 Å². The predicted molar refractivity (Wildman–Crippen MR) is 73.2 cm³/mol. The van der Waals surface area contributed by atoms with Crippen LogP contribution in [0.2, 0.25) is 0 Å². The summed E-state index contributed by atoms with van der Waals surface area (Å²) >= 11 is 3.20. The van der Waals surface area contributed by atoms with Crippen LogP contribution in [0.1, 0.15) is 38.5 Å². The molecule has 102 valence electrons. The van der Waals surface area contributed by atoms with E-state index in [1.807, 2.05) is 0 Å². The van der Waals surface area contributed by atoms with Crippen molar-refractivity contribution in [2.45, 2.75) is 44.6 Å². The molecule has 0 saturated heterocycles. The minimum atomic E-state index is -0.643. The van der Waals surface area contributed by atoms with Crippen LogP contribution < -0.4 is 5.32 Å². The number of rotatable bonds is 6. The van der Waals surface area contributed by atoms with Crippen molar-refractivity contribution in [2.75, 3.05) is 7.11 Å². The van der Waals surface area contributed by atoms with Crippen molar-refractivity contribution in [3.63, 3.8) is 0 Å². The summed E-state index contributed by atoms with van der Waals surface area (Å²) in [6.07, 6.45) is 5.49. The van der Waals surface area contributed by atoms with Gasteiger partial charge in [-0.15, -0.1) is 0 Å². The molecule has 1 rings (SSSR count). The topological polar surface area (TPSA) is 55.4 Å². The van der Waals surface area contributed by atoms with Crippen LogP contribution in [0.25, 0.3) is 0 Å². The van der Waals surface area contributed by atoms with Crippen molar-refractivity contribution in [2.24, 2.45) is 5.92 Å². The molecular formula is C13H20BrNO3. The van der Waals surface area contributed by atoms with Crippen molar-refractivity contribution in [3.8, 4) is 0 Å². The van der Waals surface area contributed by atoms with Gasteiger partial charge in [-0.1, -0.05) is 35.4 Å². The second-order valence-corrected chi connectivity index (χ2v) is 5.84. The Kier molecular flexibility index (Phi) is 6.39. The summed E-state index contributed by atoms with van der Waals surface area (Å²) in [5.41, 5.74) is 0. The monoisotopic (exact) mass is 317 g/mol. The van der Waals surface area contributed by atoms with E-state index in [9.17, 15) is 9.59 Å². The van der Waals surface area contributed by atoms with E-state index in [1.54, 1.807) is 0 Å². The number of hydrogen-bond donors (Lipinski definition) is 1. The normalized spacial score (nSPS) is 17.2. The number of halogens is 1. The van der Waals surface area contributed by atoms with Gasteiger partial charge in [-0.25, -0.2) is 4.79 Å². The van der Waals surface area contributed by atoms with E-state index < -0.39 is 12.0 Å². The van der Waals surface area contributed by atoms with Gasteiger partial charge >= 0.3 is 5.97 Å². The Bertz CT molecular complexity index is 324. The molecule has 0 aromatic heterocycles. The molecule has 0 radical (unpaired) electrons. The molecule has 0 heterocycles. The van der Waals surface area contributed by atoms with Gasteiger partial charge in [0.15, 0.2) is 0 Å². The molecule has 18 heavy (non-hydrogen) atoms. The SMILES string of the molecule is C=C(Br)C[C@@H](NC(=O)CC1CCCC1)C(=O)OC. The summed E-state index contributed by atoms with van der Waals surface area (Å²) in [6, 6.07) is -0.643. The van der Waals surface area contributed by atoms with Gasteiger partial charge in [0.25, 0.3) is 0 Å². The van der Waals surface area contributed by atoms with E-state index in [0.29, 0.717) is 23.2 Å². The lowest BCUT2D eigenvalue weighted by molar-refractivity contribution is -0.145. The molecule has 5 heteroatoms. The summed E-state index contributed by atoms with van der Waals surface area (Å²) in [6.45, 7) is 3.68. The Morgan fingerprint density at radius 3 is 2.56 bits per heavy atom. The third-order valence-electron chi connectivity index (χ3n) is 3.20. The maximum atomic E-state index is 11.8. The van der Waals surface area contributed by atoms with Crippen molar-refractivity contribution in [1.82, 2.24) is 5.32 Å². The highest BCUT2D eigenvalue weighted by Crippen LogP contribution is 2.27. The smallest absolute Gasteiger partial charge is 0.328 e. The maximum Gasteiger partial charge on any atom is 0.328 e. The minimum absolute atomic E-state index is 0.0777. The van der Waals surface area contributed by atoms with E-state index in [4.69, 9.17) is 0 Å². The van der Waals surface area contributed by atoms with Crippen LogP contribution in [0, 0.1) is 5.92 Å². The van der Waals surface area contributed by atoms with Gasteiger partial charge in [-0.3, -0.25) is 4.79 Å². The molecule has 1 atom stereocenters. The Labute approximate surface area is 116 Å². The van der Waals surface area contributed by atoms with E-state index >= 15 is 0 Å². The molecule has 0 aromatic carbocycles. The molecule has 4 nitrogen and oxygen atoms in total. The molecule has 1 N–H and O–H groups in total. The maximum absolute atomic E-state index is 11.8. The summed E-state index contributed by atoms with van der Waals surface area (Å²) in [5, 5.41) is 2.72. The fourth-order valence-electron chi connectivity index (χ4n) is 2.29. The number of amides is 1. The summed E-state index contributed by atoms with van der Waals surface area (Å²) < 4.78 is 5.33. The van der Waals surface area contributed by atoms with Crippen molar-refractivity contribution < 1.29 is 14.3 Å². The number of carbonyl (C=O) groups is 2. The highest BCUT2D eigenvalue weighted by molar-refractivity contribution is 9.11. The Morgan fingerprint density at radius 2 is 2.06 bits per heavy atom. The van der Waals surface area contributed by atoms with Crippen LogP contribution in [0.15, 0.2) is 11.1 Å². The van der Waals surface area contributed by atoms with Gasteiger partial charge in [-0.2, -0.15) is 0 Å². The number of hydrogen-bond acceptors (Lipinski definition) is 3. The minimum Gasteiger partial charge on any atom is -0.467 e. The molecule has 0 bridgehead atoms. The van der Waals surface area contributed by atoms with E-state index in [1.165, 1.54) is 20.0 Å². The van der Waals surface area contributed by atoms with Gasteiger partial charge < -0.3 is 10.1 Å². The zero-order valence-corrected chi connectivity index (χ0v) is 12.3. The fraction of sp³-hybridized carbons (Fsp3) is 0.692. The highest BCUT2D eigenvalue weighted by atomic mass is 79.9. The molecule has 0 aliphatic heterocycles. The third-order valence-corrected chi connectivity index (χ3v) is 3.52. The number of ether oxygens (including phenoxy) is 1. The zero-order valence-electron chi connectivity index (χ0n) is 10.7. The Hall–Kier alpha value is -0.840. The van der Waals surface area contributed by atoms with Crippen LogP contribution in [0.4, 0.5) is 0 Å². The lowest BCUT2D eigenvalue weighted by Gasteiger charge is -2.17. The Morgan fingerprint density at radius 1 is 1.44 bits per heavy atom. The second-order valence-electron chi connectivity index (χ2n) is 4.72. The largest absolute Gasteiger partial charge is 0.467 e.